The fraction of sp³-hybridized carbons (Fsp3) is 0.484. The van der Waals surface area contributed by atoms with E-state index in [0.29, 0.717) is 11.9 Å². The average molecular weight is 607 g/mol. The van der Waals surface area contributed by atoms with E-state index in [1.165, 1.54) is 26.0 Å². The zero-order chi connectivity index (χ0) is 31.8. The van der Waals surface area contributed by atoms with Crippen molar-refractivity contribution in [2.75, 3.05) is 34.2 Å². The summed E-state index contributed by atoms with van der Waals surface area (Å²) < 4.78 is 5.67. The number of aliphatic hydroxyl groups is 1. The van der Waals surface area contributed by atoms with Crippen LogP contribution >= 0.6 is 0 Å². The molecule has 4 aliphatic rings. The zero-order valence-electron chi connectivity index (χ0n) is 24.6. The Morgan fingerprint density at radius 2 is 1.84 bits per heavy atom. The molecule has 1 heterocycles. The molecule has 6 rings (SSSR count). The standard InChI is InChI=1S/C31H34N4O9/c1-33-30(42)44-26-15-6-5-13(12-35-7-4-8-35)9-16(15)23(36)20-17(26)10-14-11-18-22(34(2)3)25(38)21(29(32)41)28(40)31(18,43)27(39)19(14)24(20)37/h5-6,9,14,18-19,21-22,36,43H,4,7-8,10-12H2,1-3H3,(H2,32,41)(H,33,42)/t14-,18-,19?,21?,22-,31-/m0/s1. The topological polar surface area (TPSA) is 197 Å². The van der Waals surface area contributed by atoms with Crippen LogP contribution in [0.5, 0.6) is 11.5 Å². The lowest BCUT2D eigenvalue weighted by Crippen LogP contribution is -2.74. The molecular formula is C31H34N4O9. The average Bonchev–Trinajstić information content (AvgIpc) is 2.94. The number of phenols is 1. The first-order valence-electron chi connectivity index (χ1n) is 14.6. The predicted octanol–water partition coefficient (Wildman–Crippen LogP) is -0.0559. The van der Waals surface area contributed by atoms with Crippen molar-refractivity contribution in [3.05, 3.63) is 34.9 Å². The highest BCUT2D eigenvalue weighted by Gasteiger charge is 2.69. The van der Waals surface area contributed by atoms with E-state index < -0.39 is 76.2 Å². The molecule has 0 aromatic heterocycles. The van der Waals surface area contributed by atoms with Crippen LogP contribution in [0.4, 0.5) is 4.79 Å². The van der Waals surface area contributed by atoms with Gasteiger partial charge in [-0.15, -0.1) is 0 Å². The Balaban J connectivity index is 1.51. The number of aromatic hydroxyl groups is 1. The number of ether oxygens (including phenoxy) is 1. The van der Waals surface area contributed by atoms with E-state index in [4.69, 9.17) is 10.5 Å². The van der Waals surface area contributed by atoms with Crippen molar-refractivity contribution in [3.8, 4) is 11.5 Å². The molecule has 3 fully saturated rings. The summed E-state index contributed by atoms with van der Waals surface area (Å²) in [6, 6.07) is 4.07. The molecule has 0 bridgehead atoms. The van der Waals surface area contributed by atoms with Crippen molar-refractivity contribution in [3.63, 3.8) is 0 Å². The number of hydrogen-bond acceptors (Lipinski definition) is 11. The van der Waals surface area contributed by atoms with Crippen LogP contribution in [0.3, 0.4) is 0 Å². The van der Waals surface area contributed by atoms with Crippen LogP contribution in [-0.2, 0) is 32.1 Å². The highest BCUT2D eigenvalue weighted by Crippen LogP contribution is 2.53. The normalized spacial score (nSPS) is 30.0. The van der Waals surface area contributed by atoms with Crippen molar-refractivity contribution in [2.24, 2.45) is 29.4 Å². The minimum atomic E-state index is -2.82. The van der Waals surface area contributed by atoms with Crippen molar-refractivity contribution in [1.82, 2.24) is 15.1 Å². The highest BCUT2D eigenvalue weighted by atomic mass is 16.6. The van der Waals surface area contributed by atoms with Crippen molar-refractivity contribution in [1.29, 1.82) is 0 Å². The number of ketones is 4. The molecule has 13 heteroatoms. The smallest absolute Gasteiger partial charge is 0.412 e. The number of hydrogen-bond donors (Lipinski definition) is 4. The summed E-state index contributed by atoms with van der Waals surface area (Å²) in [6.07, 6.45) is 0.135. The molecule has 6 atom stereocenters. The second-order valence-corrected chi connectivity index (χ2v) is 12.5. The monoisotopic (exact) mass is 606 g/mol. The number of primary amides is 1. The van der Waals surface area contributed by atoms with Crippen molar-refractivity contribution in [2.45, 2.75) is 37.5 Å². The van der Waals surface area contributed by atoms with Crippen LogP contribution in [0.15, 0.2) is 18.2 Å². The zero-order valence-corrected chi connectivity index (χ0v) is 24.6. The van der Waals surface area contributed by atoms with E-state index in [1.54, 1.807) is 12.1 Å². The van der Waals surface area contributed by atoms with Gasteiger partial charge in [-0.05, 0) is 64.0 Å². The Bertz CT molecular complexity index is 1670. The summed E-state index contributed by atoms with van der Waals surface area (Å²) in [7, 11) is 4.41. The SMILES string of the molecule is CNC(=O)Oc1c2c(c(O)c3cc(CN4CCC4)ccc13)C(=O)C1C(=O)[C@]3(O)C(=O)C(C(N)=O)C(=O)[C@@H](N(C)C)[C@@H]3C[C@@H]1C2. The molecule has 3 aliphatic carbocycles. The summed E-state index contributed by atoms with van der Waals surface area (Å²) in [6.45, 7) is 2.48. The number of nitrogens with one attached hydrogen (secondary N) is 1. The van der Waals surface area contributed by atoms with Crippen LogP contribution in [0.2, 0.25) is 0 Å². The second kappa shape index (κ2) is 10.5. The summed E-state index contributed by atoms with van der Waals surface area (Å²) in [4.78, 5) is 83.5. The number of likely N-dealkylation sites (N-methyl/N-ethyl adjacent to an activating group) is 1. The first-order chi connectivity index (χ1) is 20.8. The molecule has 0 spiro atoms. The molecule has 232 valence electrons. The lowest BCUT2D eigenvalue weighted by atomic mass is 9.52. The fourth-order valence-electron chi connectivity index (χ4n) is 7.64. The molecule has 44 heavy (non-hydrogen) atoms. The van der Waals surface area contributed by atoms with Gasteiger partial charge >= 0.3 is 6.09 Å². The first-order valence-corrected chi connectivity index (χ1v) is 14.6. The largest absolute Gasteiger partial charge is 0.507 e. The van der Waals surface area contributed by atoms with Crippen LogP contribution in [0, 0.1) is 23.7 Å². The molecule has 0 radical (unpaired) electrons. The van der Waals surface area contributed by atoms with Gasteiger partial charge in [0.1, 0.15) is 11.5 Å². The first kappa shape index (κ1) is 29.9. The number of phenolic OH excluding ortho intramolecular Hbond substituents is 1. The van der Waals surface area contributed by atoms with Gasteiger partial charge in [0, 0.05) is 35.8 Å². The molecule has 5 N–H and O–H groups in total. The summed E-state index contributed by atoms with van der Waals surface area (Å²) in [5.41, 5.74) is 3.39. The number of fused-ring (bicyclic) bond motifs is 4. The van der Waals surface area contributed by atoms with Gasteiger partial charge in [-0.25, -0.2) is 4.79 Å². The Hall–Kier alpha value is -4.20. The molecule has 2 aromatic rings. The van der Waals surface area contributed by atoms with Gasteiger partial charge in [0.05, 0.1) is 17.5 Å². The third-order valence-corrected chi connectivity index (χ3v) is 9.80. The van der Waals surface area contributed by atoms with E-state index in [1.807, 2.05) is 6.07 Å². The second-order valence-electron chi connectivity index (χ2n) is 12.5. The molecule has 1 aliphatic heterocycles. The number of amides is 2. The molecule has 2 amide bonds. The van der Waals surface area contributed by atoms with Gasteiger partial charge in [-0.3, -0.25) is 33.8 Å². The van der Waals surface area contributed by atoms with E-state index in [0.717, 1.165) is 25.1 Å². The highest BCUT2D eigenvalue weighted by molar-refractivity contribution is 6.32. The molecule has 13 nitrogen and oxygen atoms in total. The fourth-order valence-corrected chi connectivity index (χ4v) is 7.64. The lowest BCUT2D eigenvalue weighted by molar-refractivity contribution is -0.181. The Kier molecular flexibility index (Phi) is 7.10. The predicted molar refractivity (Wildman–Crippen MR) is 154 cm³/mol. The van der Waals surface area contributed by atoms with Gasteiger partial charge in [-0.1, -0.05) is 12.1 Å². The van der Waals surface area contributed by atoms with E-state index in [2.05, 4.69) is 10.2 Å². The molecule has 2 aromatic carbocycles. The maximum Gasteiger partial charge on any atom is 0.412 e. The number of carbonyl (C=O) groups excluding carboxylic acids is 6. The lowest BCUT2D eigenvalue weighted by Gasteiger charge is -2.52. The van der Waals surface area contributed by atoms with Gasteiger partial charge in [0.2, 0.25) is 5.91 Å². The molecule has 2 unspecified atom stereocenters. The number of likely N-dealkylation sites (tertiary alicyclic amines) is 1. The number of nitrogens with two attached hydrogens (primary N) is 1. The minimum absolute atomic E-state index is 0.0306. The van der Waals surface area contributed by atoms with Crippen LogP contribution < -0.4 is 15.8 Å². The summed E-state index contributed by atoms with van der Waals surface area (Å²) in [5, 5.41) is 26.4. The number of nitrogens with zero attached hydrogens (tertiary/aromatic N) is 2. The van der Waals surface area contributed by atoms with E-state index in [9.17, 15) is 39.0 Å². The quantitative estimate of drug-likeness (QED) is 0.333. The van der Waals surface area contributed by atoms with E-state index in [-0.39, 0.29) is 35.1 Å². The summed E-state index contributed by atoms with van der Waals surface area (Å²) >= 11 is 0. The Morgan fingerprint density at radius 1 is 1.14 bits per heavy atom. The number of carbonyl (C=O) groups is 6. The number of rotatable bonds is 5. The van der Waals surface area contributed by atoms with Crippen molar-refractivity contribution >= 4 is 45.9 Å². The van der Waals surface area contributed by atoms with Crippen LogP contribution in [-0.4, -0.2) is 101 Å². The van der Waals surface area contributed by atoms with Gasteiger partial charge in [-0.2, -0.15) is 0 Å². The molecular weight excluding hydrogens is 572 g/mol. The van der Waals surface area contributed by atoms with Gasteiger partial charge in [0.25, 0.3) is 0 Å². The maximum atomic E-state index is 14.2. The minimum Gasteiger partial charge on any atom is -0.507 e. The Morgan fingerprint density at radius 3 is 2.43 bits per heavy atom. The number of Topliss-reactive ketones (excluding diaryl/α,β-unsaturated/α-hetero) is 4. The Labute approximate surface area is 252 Å². The summed E-state index contributed by atoms with van der Waals surface area (Å²) in [5.74, 6) is -11.5. The third-order valence-electron chi connectivity index (χ3n) is 9.80. The van der Waals surface area contributed by atoms with Crippen LogP contribution in [0.1, 0.15) is 34.3 Å². The number of benzene rings is 2. The van der Waals surface area contributed by atoms with Gasteiger partial charge < -0.3 is 26.0 Å². The van der Waals surface area contributed by atoms with Crippen LogP contribution in [0.25, 0.3) is 10.8 Å². The van der Waals surface area contributed by atoms with Gasteiger partial charge in [0.15, 0.2) is 34.7 Å². The van der Waals surface area contributed by atoms with Crippen molar-refractivity contribution < 1.29 is 43.7 Å². The molecule has 1 saturated heterocycles. The maximum absolute atomic E-state index is 14.2. The third kappa shape index (κ3) is 4.17. The molecule has 2 saturated carbocycles. The van der Waals surface area contributed by atoms with E-state index >= 15 is 0 Å².